The fraction of sp³-hybridized carbons (Fsp3) is 0.364. The second kappa shape index (κ2) is 4.30. The fourth-order valence-electron chi connectivity index (χ4n) is 1.34. The Labute approximate surface area is 93.9 Å². The molecule has 0 amide bonds. The van der Waals surface area contributed by atoms with Crippen LogP contribution in [0.25, 0.3) is 11.4 Å². The van der Waals surface area contributed by atoms with Gasteiger partial charge in [0.1, 0.15) is 0 Å². The lowest BCUT2D eigenvalue weighted by Crippen LogP contribution is -2.09. The summed E-state index contributed by atoms with van der Waals surface area (Å²) >= 11 is 0. The van der Waals surface area contributed by atoms with Crippen molar-refractivity contribution in [3.05, 3.63) is 24.0 Å². The van der Waals surface area contributed by atoms with Crippen LogP contribution in [0.1, 0.15) is 19.4 Å². The Morgan fingerprint density at radius 1 is 1.38 bits per heavy atom. The van der Waals surface area contributed by atoms with Crippen LogP contribution >= 0.6 is 0 Å². The van der Waals surface area contributed by atoms with Crippen molar-refractivity contribution in [1.29, 1.82) is 0 Å². The topological polar surface area (TPSA) is 63.8 Å². The molecule has 0 fully saturated rings. The minimum Gasteiger partial charge on any atom is -0.336 e. The summed E-state index contributed by atoms with van der Waals surface area (Å²) in [5.74, 6) is 0.564. The van der Waals surface area contributed by atoms with Gasteiger partial charge in [-0.3, -0.25) is 4.98 Å². The van der Waals surface area contributed by atoms with E-state index < -0.39 is 0 Å². The van der Waals surface area contributed by atoms with E-state index in [1.165, 1.54) is 0 Å². The zero-order valence-corrected chi connectivity index (χ0v) is 9.56. The molecular formula is C11H14N4O. The number of pyridine rings is 1. The Hall–Kier alpha value is -1.91. The summed E-state index contributed by atoms with van der Waals surface area (Å²) in [5.41, 5.74) is 1.97. The highest BCUT2D eigenvalue weighted by Crippen LogP contribution is 2.20. The highest BCUT2D eigenvalue weighted by Gasteiger charge is 2.10. The molecule has 0 aliphatic rings. The molecule has 0 aromatic carbocycles. The maximum Gasteiger partial charge on any atom is 0.321 e. The lowest BCUT2D eigenvalue weighted by Gasteiger charge is -2.02. The first-order valence-electron chi connectivity index (χ1n) is 5.18. The Morgan fingerprint density at radius 2 is 2.19 bits per heavy atom. The van der Waals surface area contributed by atoms with Crippen molar-refractivity contribution >= 4 is 6.01 Å². The molecule has 1 N–H and O–H groups in total. The second-order valence-corrected chi connectivity index (χ2v) is 3.91. The first-order chi connectivity index (χ1) is 7.66. The molecule has 0 unspecified atom stereocenters. The Balaban J connectivity index is 2.28. The monoisotopic (exact) mass is 218 g/mol. The van der Waals surface area contributed by atoms with Crippen LogP contribution in [0.2, 0.25) is 0 Å². The quantitative estimate of drug-likeness (QED) is 0.856. The van der Waals surface area contributed by atoms with Crippen molar-refractivity contribution in [2.24, 2.45) is 0 Å². The molecule has 0 spiro atoms. The molecular weight excluding hydrogens is 204 g/mol. The lowest BCUT2D eigenvalue weighted by molar-refractivity contribution is 0.429. The largest absolute Gasteiger partial charge is 0.336 e. The third kappa shape index (κ3) is 2.18. The van der Waals surface area contributed by atoms with Crippen LogP contribution in [-0.4, -0.2) is 21.2 Å². The molecule has 2 rings (SSSR count). The van der Waals surface area contributed by atoms with Gasteiger partial charge in [0.05, 0.1) is 0 Å². The van der Waals surface area contributed by atoms with E-state index in [2.05, 4.69) is 20.4 Å². The van der Waals surface area contributed by atoms with Crippen LogP contribution < -0.4 is 5.32 Å². The molecule has 0 saturated carbocycles. The van der Waals surface area contributed by atoms with E-state index in [4.69, 9.17) is 4.52 Å². The van der Waals surface area contributed by atoms with Crippen LogP contribution in [0.4, 0.5) is 6.01 Å². The number of aromatic nitrogens is 3. The predicted octanol–water partition coefficient (Wildman–Crippen LogP) is 2.26. The average molecular weight is 218 g/mol. The Bertz CT molecular complexity index is 478. The number of nitrogens with one attached hydrogen (secondary N) is 1. The van der Waals surface area contributed by atoms with Crippen LogP contribution in [-0.2, 0) is 0 Å². The van der Waals surface area contributed by atoms with E-state index in [0.717, 1.165) is 11.1 Å². The Morgan fingerprint density at radius 3 is 2.88 bits per heavy atom. The highest BCUT2D eigenvalue weighted by molar-refractivity contribution is 5.58. The van der Waals surface area contributed by atoms with Gasteiger partial charge in [-0.15, -0.1) is 0 Å². The molecule has 0 aliphatic heterocycles. The SMILES string of the molecule is Cc1ccncc1-c1noc(NC(C)C)n1. The zero-order valence-electron chi connectivity index (χ0n) is 9.56. The lowest BCUT2D eigenvalue weighted by atomic mass is 10.1. The van der Waals surface area contributed by atoms with Crippen LogP contribution in [0.3, 0.4) is 0 Å². The summed E-state index contributed by atoms with van der Waals surface area (Å²) in [5, 5.41) is 6.97. The molecule has 5 heteroatoms. The molecule has 0 saturated heterocycles. The maximum absolute atomic E-state index is 5.08. The highest BCUT2D eigenvalue weighted by atomic mass is 16.5. The van der Waals surface area contributed by atoms with Gasteiger partial charge in [-0.25, -0.2) is 0 Å². The first-order valence-corrected chi connectivity index (χ1v) is 5.18. The van der Waals surface area contributed by atoms with Crippen molar-refractivity contribution in [1.82, 2.24) is 15.1 Å². The summed E-state index contributed by atoms with van der Waals surface area (Å²) in [7, 11) is 0. The predicted molar refractivity (Wildman–Crippen MR) is 61.0 cm³/mol. The molecule has 2 heterocycles. The number of rotatable bonds is 3. The van der Waals surface area contributed by atoms with Gasteiger partial charge < -0.3 is 9.84 Å². The molecule has 0 aliphatic carbocycles. The van der Waals surface area contributed by atoms with Crippen molar-refractivity contribution in [2.75, 3.05) is 5.32 Å². The molecule has 0 bridgehead atoms. The summed E-state index contributed by atoms with van der Waals surface area (Å²) in [4.78, 5) is 8.30. The molecule has 2 aromatic heterocycles. The summed E-state index contributed by atoms with van der Waals surface area (Å²) in [6, 6.07) is 2.62. The van der Waals surface area contributed by atoms with Gasteiger partial charge in [-0.2, -0.15) is 4.98 Å². The van der Waals surface area contributed by atoms with Gasteiger partial charge in [-0.05, 0) is 32.4 Å². The van der Waals surface area contributed by atoms with E-state index in [0.29, 0.717) is 11.8 Å². The van der Waals surface area contributed by atoms with E-state index >= 15 is 0 Å². The average Bonchev–Trinajstić information content (AvgIpc) is 2.66. The van der Waals surface area contributed by atoms with Gasteiger partial charge in [0.15, 0.2) is 0 Å². The van der Waals surface area contributed by atoms with E-state index in [9.17, 15) is 0 Å². The minimum absolute atomic E-state index is 0.267. The summed E-state index contributed by atoms with van der Waals surface area (Å²) < 4.78 is 5.08. The molecule has 0 radical (unpaired) electrons. The third-order valence-corrected chi connectivity index (χ3v) is 2.12. The minimum atomic E-state index is 0.267. The van der Waals surface area contributed by atoms with Gasteiger partial charge in [-0.1, -0.05) is 5.16 Å². The normalized spacial score (nSPS) is 10.8. The van der Waals surface area contributed by atoms with E-state index in [1.54, 1.807) is 12.4 Å². The second-order valence-electron chi connectivity index (χ2n) is 3.91. The van der Waals surface area contributed by atoms with Crippen LogP contribution in [0.15, 0.2) is 23.0 Å². The number of nitrogens with zero attached hydrogens (tertiary/aromatic N) is 3. The number of anilines is 1. The molecule has 0 atom stereocenters. The van der Waals surface area contributed by atoms with Gasteiger partial charge in [0.25, 0.3) is 0 Å². The van der Waals surface area contributed by atoms with Crippen LogP contribution in [0.5, 0.6) is 0 Å². The number of hydrogen-bond donors (Lipinski definition) is 1. The smallest absolute Gasteiger partial charge is 0.321 e. The summed E-state index contributed by atoms with van der Waals surface area (Å²) in [6.07, 6.45) is 3.48. The molecule has 5 nitrogen and oxygen atoms in total. The van der Waals surface area contributed by atoms with Gasteiger partial charge in [0.2, 0.25) is 5.82 Å². The standard InChI is InChI=1S/C11H14N4O/c1-7(2)13-11-14-10(15-16-11)9-6-12-5-4-8(9)3/h4-7H,1-3H3,(H,13,14,15). The fourth-order valence-corrected chi connectivity index (χ4v) is 1.34. The number of hydrogen-bond acceptors (Lipinski definition) is 5. The van der Waals surface area contributed by atoms with Crippen LogP contribution in [0, 0.1) is 6.92 Å². The Kier molecular flexibility index (Phi) is 2.85. The van der Waals surface area contributed by atoms with Crippen molar-refractivity contribution in [3.63, 3.8) is 0 Å². The van der Waals surface area contributed by atoms with E-state index in [1.807, 2.05) is 26.8 Å². The van der Waals surface area contributed by atoms with Crippen molar-refractivity contribution < 1.29 is 4.52 Å². The zero-order chi connectivity index (χ0) is 11.5. The number of aryl methyl sites for hydroxylation is 1. The summed E-state index contributed by atoms with van der Waals surface area (Å²) in [6.45, 7) is 6.02. The van der Waals surface area contributed by atoms with Gasteiger partial charge in [0, 0.05) is 24.0 Å². The van der Waals surface area contributed by atoms with Gasteiger partial charge >= 0.3 is 6.01 Å². The van der Waals surface area contributed by atoms with Crippen molar-refractivity contribution in [3.8, 4) is 11.4 Å². The molecule has 2 aromatic rings. The molecule has 84 valence electrons. The third-order valence-electron chi connectivity index (χ3n) is 2.12. The van der Waals surface area contributed by atoms with E-state index in [-0.39, 0.29) is 6.04 Å². The molecule has 16 heavy (non-hydrogen) atoms. The van der Waals surface area contributed by atoms with Crippen molar-refractivity contribution in [2.45, 2.75) is 26.8 Å². The maximum atomic E-state index is 5.08. The first kappa shape index (κ1) is 10.6.